The Bertz CT molecular complexity index is 559. The molecule has 0 spiro atoms. The first kappa shape index (κ1) is 12.7. The van der Waals surface area contributed by atoms with Crippen LogP contribution in [0.2, 0.25) is 0 Å². The lowest BCUT2D eigenvalue weighted by molar-refractivity contribution is 0.0723. The number of nitrogens with two attached hydrogens (primary N) is 1. The fourth-order valence-corrected chi connectivity index (χ4v) is 2.71. The number of halogens is 1. The second-order valence-corrected chi connectivity index (χ2v) is 5.64. The summed E-state index contributed by atoms with van der Waals surface area (Å²) in [7, 11) is 0. The maximum atomic E-state index is 5.96. The van der Waals surface area contributed by atoms with Crippen molar-refractivity contribution in [1.82, 2.24) is 5.16 Å². The fourth-order valence-electron chi connectivity index (χ4n) is 2.45. The molecule has 2 heterocycles. The Kier molecular flexibility index (Phi) is 3.57. The molecule has 0 aliphatic carbocycles. The summed E-state index contributed by atoms with van der Waals surface area (Å²) in [6.45, 7) is 1.51. The Morgan fingerprint density at radius 1 is 1.26 bits per heavy atom. The molecule has 0 saturated carbocycles. The van der Waals surface area contributed by atoms with Gasteiger partial charge in [-0.15, -0.1) is 0 Å². The second kappa shape index (κ2) is 5.35. The van der Waals surface area contributed by atoms with Crippen LogP contribution < -0.4 is 5.73 Å². The van der Waals surface area contributed by atoms with Crippen molar-refractivity contribution in [3.05, 3.63) is 34.5 Å². The van der Waals surface area contributed by atoms with Gasteiger partial charge in [-0.3, -0.25) is 0 Å². The van der Waals surface area contributed by atoms with Gasteiger partial charge in [-0.25, -0.2) is 0 Å². The van der Waals surface area contributed by atoms with Crippen LogP contribution >= 0.6 is 15.9 Å². The van der Waals surface area contributed by atoms with Crippen molar-refractivity contribution in [3.63, 3.8) is 0 Å². The largest absolute Gasteiger partial charge is 0.381 e. The zero-order valence-corrected chi connectivity index (χ0v) is 12.0. The number of aromatic nitrogens is 1. The van der Waals surface area contributed by atoms with Gasteiger partial charge in [0.1, 0.15) is 0 Å². The molecule has 1 aliphatic rings. The van der Waals surface area contributed by atoms with Gasteiger partial charge in [-0.05, 0) is 30.5 Å². The lowest BCUT2D eigenvalue weighted by Gasteiger charge is -2.20. The van der Waals surface area contributed by atoms with Crippen molar-refractivity contribution >= 4 is 21.7 Å². The summed E-state index contributed by atoms with van der Waals surface area (Å²) in [6.07, 6.45) is 2.10. The number of benzene rings is 1. The van der Waals surface area contributed by atoms with Gasteiger partial charge in [0.15, 0.2) is 11.6 Å². The Balaban J connectivity index is 2.00. The monoisotopic (exact) mass is 322 g/mol. The smallest absolute Gasteiger partial charge is 0.175 e. The summed E-state index contributed by atoms with van der Waals surface area (Å²) >= 11 is 3.43. The van der Waals surface area contributed by atoms with Gasteiger partial charge in [-0.1, -0.05) is 33.2 Å². The first-order valence-corrected chi connectivity index (χ1v) is 7.13. The molecule has 1 saturated heterocycles. The summed E-state index contributed by atoms with van der Waals surface area (Å²) < 4.78 is 12.0. The van der Waals surface area contributed by atoms with Crippen LogP contribution in [0.15, 0.2) is 33.3 Å². The van der Waals surface area contributed by atoms with E-state index in [1.165, 1.54) is 0 Å². The van der Waals surface area contributed by atoms with Crippen LogP contribution in [0.3, 0.4) is 0 Å². The van der Waals surface area contributed by atoms with Crippen LogP contribution in [-0.2, 0) is 4.74 Å². The summed E-state index contributed by atoms with van der Waals surface area (Å²) in [5.41, 5.74) is 7.90. The minimum atomic E-state index is 0.247. The van der Waals surface area contributed by atoms with E-state index in [1.54, 1.807) is 0 Å². The molecule has 2 aromatic rings. The molecule has 0 bridgehead atoms. The van der Waals surface area contributed by atoms with Crippen molar-refractivity contribution in [2.45, 2.75) is 18.8 Å². The van der Waals surface area contributed by atoms with E-state index in [0.717, 1.165) is 40.8 Å². The molecule has 0 radical (unpaired) electrons. The molecule has 5 heteroatoms. The summed E-state index contributed by atoms with van der Waals surface area (Å²) in [5, 5.41) is 3.93. The quantitative estimate of drug-likeness (QED) is 0.917. The van der Waals surface area contributed by atoms with Crippen LogP contribution in [0.25, 0.3) is 11.1 Å². The molecule has 1 aliphatic heterocycles. The Morgan fingerprint density at radius 3 is 2.74 bits per heavy atom. The van der Waals surface area contributed by atoms with Gasteiger partial charge in [0.05, 0.1) is 12.2 Å². The normalized spacial score (nSPS) is 19.5. The molecule has 100 valence electrons. The average molecular weight is 323 g/mol. The van der Waals surface area contributed by atoms with Crippen LogP contribution in [0.1, 0.15) is 24.5 Å². The van der Waals surface area contributed by atoms with Gasteiger partial charge in [0, 0.05) is 17.0 Å². The topological polar surface area (TPSA) is 61.3 Å². The number of ether oxygens (including phenoxy) is 1. The molecule has 1 unspecified atom stereocenters. The predicted octanol–water partition coefficient (Wildman–Crippen LogP) is 3.58. The highest BCUT2D eigenvalue weighted by Crippen LogP contribution is 2.37. The highest BCUT2D eigenvalue weighted by Gasteiger charge is 2.26. The average Bonchev–Trinajstić information content (AvgIpc) is 2.83. The Hall–Kier alpha value is -1.33. The fraction of sp³-hybridized carbons (Fsp3) is 0.357. The first-order chi connectivity index (χ1) is 9.25. The minimum absolute atomic E-state index is 0.247. The van der Waals surface area contributed by atoms with E-state index in [4.69, 9.17) is 15.0 Å². The van der Waals surface area contributed by atoms with E-state index in [-0.39, 0.29) is 5.92 Å². The minimum Gasteiger partial charge on any atom is -0.381 e. The Labute approximate surface area is 120 Å². The van der Waals surface area contributed by atoms with E-state index in [9.17, 15) is 0 Å². The molecule has 1 aromatic heterocycles. The molecular weight excluding hydrogens is 308 g/mol. The molecule has 0 amide bonds. The maximum Gasteiger partial charge on any atom is 0.175 e. The molecule has 1 aromatic carbocycles. The van der Waals surface area contributed by atoms with E-state index in [2.05, 4.69) is 21.1 Å². The predicted molar refractivity (Wildman–Crippen MR) is 76.8 cm³/mol. The van der Waals surface area contributed by atoms with Gasteiger partial charge < -0.3 is 15.0 Å². The van der Waals surface area contributed by atoms with E-state index in [1.807, 2.05) is 24.3 Å². The first-order valence-electron chi connectivity index (χ1n) is 6.34. The maximum absolute atomic E-state index is 5.96. The van der Waals surface area contributed by atoms with Gasteiger partial charge >= 0.3 is 0 Å². The number of nitrogens with zero attached hydrogens (tertiary/aromatic N) is 1. The van der Waals surface area contributed by atoms with Gasteiger partial charge in [-0.2, -0.15) is 0 Å². The molecule has 2 N–H and O–H groups in total. The third kappa shape index (κ3) is 2.53. The zero-order chi connectivity index (χ0) is 13.2. The summed E-state index contributed by atoms with van der Waals surface area (Å²) in [6, 6.07) is 8.01. The molecular formula is C14H15BrN2O2. The van der Waals surface area contributed by atoms with Crippen molar-refractivity contribution in [2.24, 2.45) is 0 Å². The number of rotatable bonds is 2. The third-order valence-corrected chi connectivity index (χ3v) is 3.94. The van der Waals surface area contributed by atoms with Crippen molar-refractivity contribution in [3.8, 4) is 11.1 Å². The van der Waals surface area contributed by atoms with Crippen molar-refractivity contribution in [1.29, 1.82) is 0 Å². The summed E-state index contributed by atoms with van der Waals surface area (Å²) in [4.78, 5) is 0. The Morgan fingerprint density at radius 2 is 2.05 bits per heavy atom. The number of anilines is 1. The number of hydrogen-bond donors (Lipinski definition) is 1. The van der Waals surface area contributed by atoms with Crippen LogP contribution in [0.4, 0.5) is 5.82 Å². The van der Waals surface area contributed by atoms with Crippen LogP contribution in [0, 0.1) is 0 Å². The summed E-state index contributed by atoms with van der Waals surface area (Å²) in [5.74, 6) is 1.54. The van der Waals surface area contributed by atoms with Gasteiger partial charge in [0.25, 0.3) is 0 Å². The number of hydrogen-bond acceptors (Lipinski definition) is 4. The lowest BCUT2D eigenvalue weighted by Crippen LogP contribution is -2.15. The lowest BCUT2D eigenvalue weighted by atomic mass is 9.93. The van der Waals surface area contributed by atoms with Gasteiger partial charge in [0.2, 0.25) is 0 Å². The molecule has 19 heavy (non-hydrogen) atoms. The third-order valence-electron chi connectivity index (χ3n) is 3.41. The standard InChI is InChI=1S/C14H15BrN2O2/c15-11-5-3-9(4-6-11)12-13(19-17-14(12)16)10-2-1-7-18-8-10/h3-6,10H,1-2,7-8H2,(H2,16,17). The van der Waals surface area contributed by atoms with E-state index in [0.29, 0.717) is 12.4 Å². The van der Waals surface area contributed by atoms with Crippen LogP contribution in [-0.4, -0.2) is 18.4 Å². The zero-order valence-electron chi connectivity index (χ0n) is 10.4. The highest BCUT2D eigenvalue weighted by atomic mass is 79.9. The SMILES string of the molecule is Nc1noc(C2CCCOC2)c1-c1ccc(Br)cc1. The molecule has 4 nitrogen and oxygen atoms in total. The molecule has 1 fully saturated rings. The number of nitrogen functional groups attached to an aromatic ring is 1. The molecule has 1 atom stereocenters. The second-order valence-electron chi connectivity index (χ2n) is 4.73. The van der Waals surface area contributed by atoms with Crippen molar-refractivity contribution < 1.29 is 9.26 Å². The molecule has 3 rings (SSSR count). The van der Waals surface area contributed by atoms with E-state index >= 15 is 0 Å². The van der Waals surface area contributed by atoms with Crippen LogP contribution in [0.5, 0.6) is 0 Å². The highest BCUT2D eigenvalue weighted by molar-refractivity contribution is 9.10. The van der Waals surface area contributed by atoms with E-state index < -0.39 is 0 Å². The van der Waals surface area contributed by atoms with Crippen molar-refractivity contribution in [2.75, 3.05) is 18.9 Å².